The lowest BCUT2D eigenvalue weighted by atomic mass is 9.88. The number of carbonyl (C=O) groups is 1. The lowest BCUT2D eigenvalue weighted by Crippen LogP contribution is -2.57. The highest BCUT2D eigenvalue weighted by Gasteiger charge is 2.37. The van der Waals surface area contributed by atoms with Crippen LogP contribution in [-0.2, 0) is 0 Å². The molecule has 110 valence electrons. The molecule has 0 saturated heterocycles. The molecule has 0 aliphatic heterocycles. The molecule has 1 aromatic rings. The van der Waals surface area contributed by atoms with Gasteiger partial charge in [-0.05, 0) is 19.8 Å². The van der Waals surface area contributed by atoms with Gasteiger partial charge in [-0.15, -0.1) is 0 Å². The molecule has 0 atom stereocenters. The fourth-order valence-electron chi connectivity index (χ4n) is 2.63. The van der Waals surface area contributed by atoms with Crippen LogP contribution in [0.5, 0.6) is 0 Å². The van der Waals surface area contributed by atoms with E-state index >= 15 is 0 Å². The number of nitrogens with zero attached hydrogens (tertiary/aromatic N) is 2. The minimum atomic E-state index is -0.796. The number of amidine groups is 1. The van der Waals surface area contributed by atoms with Crippen molar-refractivity contribution in [2.24, 2.45) is 10.9 Å². The van der Waals surface area contributed by atoms with Crippen LogP contribution in [0.25, 0.3) is 0 Å². The molecule has 1 aliphatic rings. The number of oxime groups is 1. The number of carbonyl (C=O) groups excluding carboxylic acids is 1. The predicted octanol–water partition coefficient (Wildman–Crippen LogP) is 1.55. The van der Waals surface area contributed by atoms with E-state index in [1.807, 2.05) is 0 Å². The summed E-state index contributed by atoms with van der Waals surface area (Å²) >= 11 is 0. The lowest BCUT2D eigenvalue weighted by Gasteiger charge is -2.32. The van der Waals surface area contributed by atoms with Crippen molar-refractivity contribution in [2.75, 3.05) is 0 Å². The number of hydrogen-bond acceptors (Lipinski definition) is 5. The van der Waals surface area contributed by atoms with Crippen LogP contribution in [0.2, 0.25) is 0 Å². The van der Waals surface area contributed by atoms with Crippen molar-refractivity contribution < 1.29 is 14.5 Å². The summed E-state index contributed by atoms with van der Waals surface area (Å²) < 4.78 is 4.90. The molecule has 0 radical (unpaired) electrons. The van der Waals surface area contributed by atoms with E-state index in [0.717, 1.165) is 25.7 Å². The first-order valence-electron chi connectivity index (χ1n) is 6.81. The maximum absolute atomic E-state index is 12.2. The van der Waals surface area contributed by atoms with Gasteiger partial charge in [0, 0.05) is 6.07 Å². The Hall–Kier alpha value is -2.05. The van der Waals surface area contributed by atoms with Crippen molar-refractivity contribution in [3.05, 3.63) is 17.5 Å². The Labute approximate surface area is 117 Å². The molecule has 1 aliphatic carbocycles. The van der Waals surface area contributed by atoms with Crippen LogP contribution in [-0.4, -0.2) is 27.6 Å². The summed E-state index contributed by atoms with van der Waals surface area (Å²) in [7, 11) is 0. The van der Waals surface area contributed by atoms with E-state index in [4.69, 9.17) is 15.5 Å². The van der Waals surface area contributed by atoms with E-state index in [-0.39, 0.29) is 17.4 Å². The molecule has 4 N–H and O–H groups in total. The maximum Gasteiger partial charge on any atom is 0.274 e. The van der Waals surface area contributed by atoms with Crippen molar-refractivity contribution in [1.29, 1.82) is 0 Å². The second-order valence-corrected chi connectivity index (χ2v) is 5.26. The fourth-order valence-corrected chi connectivity index (χ4v) is 2.63. The number of hydrogen-bond donors (Lipinski definition) is 3. The molecule has 1 heterocycles. The molecule has 1 fully saturated rings. The van der Waals surface area contributed by atoms with Gasteiger partial charge in [-0.2, -0.15) is 0 Å². The zero-order chi connectivity index (χ0) is 14.6. The van der Waals surface area contributed by atoms with E-state index in [1.165, 1.54) is 0 Å². The third kappa shape index (κ3) is 2.92. The van der Waals surface area contributed by atoms with Gasteiger partial charge in [0.2, 0.25) is 0 Å². The van der Waals surface area contributed by atoms with E-state index in [1.54, 1.807) is 13.0 Å². The Morgan fingerprint density at radius 3 is 2.60 bits per heavy atom. The summed E-state index contributed by atoms with van der Waals surface area (Å²) in [6.45, 7) is 1.72. The molecule has 7 nitrogen and oxygen atoms in total. The summed E-state index contributed by atoms with van der Waals surface area (Å²) in [4.78, 5) is 12.2. The topological polar surface area (TPSA) is 114 Å². The molecule has 1 aromatic heterocycles. The highest BCUT2D eigenvalue weighted by molar-refractivity contribution is 5.99. The minimum Gasteiger partial charge on any atom is -0.409 e. The zero-order valence-corrected chi connectivity index (χ0v) is 11.6. The molecule has 0 unspecified atom stereocenters. The largest absolute Gasteiger partial charge is 0.409 e. The Morgan fingerprint density at radius 2 is 2.10 bits per heavy atom. The molecule has 7 heteroatoms. The van der Waals surface area contributed by atoms with Gasteiger partial charge in [0.25, 0.3) is 5.91 Å². The average molecular weight is 280 g/mol. The molecule has 2 rings (SSSR count). The molecule has 0 aromatic carbocycles. The molecule has 1 saturated carbocycles. The van der Waals surface area contributed by atoms with Crippen molar-refractivity contribution in [3.63, 3.8) is 0 Å². The van der Waals surface area contributed by atoms with Crippen molar-refractivity contribution in [3.8, 4) is 0 Å². The Bertz CT molecular complexity index is 501. The number of amides is 1. The number of nitrogens with one attached hydrogen (secondary N) is 1. The Balaban J connectivity index is 2.21. The molecule has 0 spiro atoms. The number of nitrogens with two attached hydrogens (primary N) is 1. The Morgan fingerprint density at radius 1 is 1.45 bits per heavy atom. The Kier molecular flexibility index (Phi) is 4.26. The highest BCUT2D eigenvalue weighted by Crippen LogP contribution is 2.28. The van der Waals surface area contributed by atoms with Gasteiger partial charge in [0.05, 0.1) is 0 Å². The standard InChI is InChI=1S/C13H20N4O3/c1-9-8-10(17-20-9)11(18)15-13(12(14)16-19)6-4-2-3-5-7-13/h8,19H,2-7H2,1H3,(H2,14,16)(H,15,18). The maximum atomic E-state index is 12.2. The van der Waals surface area contributed by atoms with Gasteiger partial charge in [-0.1, -0.05) is 36.0 Å². The van der Waals surface area contributed by atoms with Gasteiger partial charge < -0.3 is 20.8 Å². The summed E-state index contributed by atoms with van der Waals surface area (Å²) in [5.74, 6) is 0.247. The smallest absolute Gasteiger partial charge is 0.274 e. The van der Waals surface area contributed by atoms with E-state index in [2.05, 4.69) is 15.6 Å². The van der Waals surface area contributed by atoms with Crippen LogP contribution in [0, 0.1) is 6.92 Å². The normalized spacial score (nSPS) is 19.4. The van der Waals surface area contributed by atoms with Gasteiger partial charge in [0.15, 0.2) is 11.5 Å². The number of aryl methyl sites for hydroxylation is 1. The summed E-state index contributed by atoms with van der Waals surface area (Å²) in [5.41, 5.74) is 5.23. The van der Waals surface area contributed by atoms with Gasteiger partial charge >= 0.3 is 0 Å². The predicted molar refractivity (Wildman–Crippen MR) is 72.5 cm³/mol. The van der Waals surface area contributed by atoms with E-state index in [0.29, 0.717) is 18.6 Å². The third-order valence-electron chi connectivity index (χ3n) is 3.77. The van der Waals surface area contributed by atoms with Gasteiger partial charge in [0.1, 0.15) is 11.3 Å². The van der Waals surface area contributed by atoms with Gasteiger partial charge in [-0.25, -0.2) is 0 Å². The second-order valence-electron chi connectivity index (χ2n) is 5.26. The second kappa shape index (κ2) is 5.94. The number of rotatable bonds is 3. The van der Waals surface area contributed by atoms with Crippen molar-refractivity contribution >= 4 is 11.7 Å². The molecule has 0 bridgehead atoms. The lowest BCUT2D eigenvalue weighted by molar-refractivity contribution is 0.0906. The quantitative estimate of drug-likeness (QED) is 0.255. The van der Waals surface area contributed by atoms with Crippen LogP contribution >= 0.6 is 0 Å². The van der Waals surface area contributed by atoms with Crippen LogP contribution in [0.4, 0.5) is 0 Å². The SMILES string of the molecule is Cc1cc(C(=O)NC2(C(N)=NO)CCCCCC2)no1. The van der Waals surface area contributed by atoms with Crippen LogP contribution in [0.15, 0.2) is 15.7 Å². The summed E-state index contributed by atoms with van der Waals surface area (Å²) in [5, 5.41) is 18.7. The first-order chi connectivity index (χ1) is 9.57. The third-order valence-corrected chi connectivity index (χ3v) is 3.77. The minimum absolute atomic E-state index is 0.0490. The zero-order valence-electron chi connectivity index (χ0n) is 11.6. The molecular weight excluding hydrogens is 260 g/mol. The molecule has 20 heavy (non-hydrogen) atoms. The first-order valence-corrected chi connectivity index (χ1v) is 6.81. The average Bonchev–Trinajstić information content (AvgIpc) is 2.74. The van der Waals surface area contributed by atoms with Crippen molar-refractivity contribution in [2.45, 2.75) is 51.0 Å². The van der Waals surface area contributed by atoms with Gasteiger partial charge in [-0.3, -0.25) is 4.79 Å². The van der Waals surface area contributed by atoms with Crippen LogP contribution in [0.1, 0.15) is 54.8 Å². The first kappa shape index (κ1) is 14.4. The monoisotopic (exact) mass is 280 g/mol. The van der Waals surface area contributed by atoms with E-state index < -0.39 is 5.54 Å². The van der Waals surface area contributed by atoms with E-state index in [9.17, 15) is 4.79 Å². The summed E-state index contributed by atoms with van der Waals surface area (Å²) in [6, 6.07) is 1.56. The highest BCUT2D eigenvalue weighted by atomic mass is 16.5. The van der Waals surface area contributed by atoms with Crippen molar-refractivity contribution in [1.82, 2.24) is 10.5 Å². The fraction of sp³-hybridized carbons (Fsp3) is 0.615. The molecule has 1 amide bonds. The summed E-state index contributed by atoms with van der Waals surface area (Å²) in [6.07, 6.45) is 5.33. The van der Waals surface area contributed by atoms with Crippen LogP contribution < -0.4 is 11.1 Å². The molecular formula is C13H20N4O3. The van der Waals surface area contributed by atoms with Crippen LogP contribution in [0.3, 0.4) is 0 Å². The number of aromatic nitrogens is 1.